The molecule has 2 aromatic carbocycles. The van der Waals surface area contributed by atoms with Gasteiger partial charge in [-0.15, -0.1) is 0 Å². The Kier molecular flexibility index (Phi) is 6.76. The maximum absolute atomic E-state index is 15.5. The molecule has 1 amide bonds. The Labute approximate surface area is 221 Å². The number of ether oxygens (including phenoxy) is 1. The van der Waals surface area contributed by atoms with Crippen molar-refractivity contribution in [3.05, 3.63) is 67.7 Å². The molecule has 1 aromatic heterocycles. The third-order valence-electron chi connectivity index (χ3n) is 7.00. The maximum Gasteiger partial charge on any atom is 0.306 e. The van der Waals surface area contributed by atoms with Crippen molar-refractivity contribution in [1.29, 1.82) is 0 Å². The van der Waals surface area contributed by atoms with Gasteiger partial charge in [0.1, 0.15) is 17.9 Å². The Morgan fingerprint density at radius 3 is 2.62 bits per heavy atom. The Hall–Kier alpha value is -3.30. The average molecular weight is 548 g/mol. The van der Waals surface area contributed by atoms with Gasteiger partial charge in [-0.2, -0.15) is 0 Å². The standard InChI is InChI=1S/C26H24Cl2FN3O5/c1-13-12-37-24-21-17(9-20(29)22(24)31-6-4-14(5-7-31)26(35)36)23(33)18(11-32(13)21)25(34)30-10-15-2-3-16(27)8-19(15)28/h2-3,8-9,11,13-14H,4-7,10,12H2,1H3,(H,30,34)(H,35,36). The minimum absolute atomic E-state index is 0.0420. The number of nitrogens with zero attached hydrogens (tertiary/aromatic N) is 2. The molecule has 0 aliphatic carbocycles. The highest BCUT2D eigenvalue weighted by molar-refractivity contribution is 6.35. The van der Waals surface area contributed by atoms with Crippen LogP contribution in [0.5, 0.6) is 5.75 Å². The van der Waals surface area contributed by atoms with Gasteiger partial charge in [0.2, 0.25) is 5.43 Å². The van der Waals surface area contributed by atoms with E-state index in [0.29, 0.717) is 47.1 Å². The van der Waals surface area contributed by atoms with Crippen LogP contribution in [-0.2, 0) is 11.3 Å². The number of carbonyl (C=O) groups is 2. The van der Waals surface area contributed by atoms with Gasteiger partial charge in [0, 0.05) is 35.9 Å². The topological polar surface area (TPSA) is 101 Å². The first-order valence-electron chi connectivity index (χ1n) is 11.9. The minimum atomic E-state index is -0.858. The van der Waals surface area contributed by atoms with E-state index >= 15 is 4.39 Å². The molecule has 0 bridgehead atoms. The molecule has 1 fully saturated rings. The number of aliphatic carboxylic acids is 1. The van der Waals surface area contributed by atoms with Gasteiger partial charge in [-0.05, 0) is 43.5 Å². The van der Waals surface area contributed by atoms with E-state index in [4.69, 9.17) is 27.9 Å². The van der Waals surface area contributed by atoms with Crippen LogP contribution in [0.4, 0.5) is 10.1 Å². The molecule has 1 saturated heterocycles. The van der Waals surface area contributed by atoms with Crippen LogP contribution in [0.15, 0.2) is 35.3 Å². The van der Waals surface area contributed by atoms with Gasteiger partial charge in [-0.3, -0.25) is 14.4 Å². The second-order valence-electron chi connectivity index (χ2n) is 9.39. The molecule has 1 atom stereocenters. The number of nitrogens with one attached hydrogen (secondary N) is 1. The predicted molar refractivity (Wildman–Crippen MR) is 139 cm³/mol. The first-order valence-corrected chi connectivity index (χ1v) is 12.6. The molecule has 37 heavy (non-hydrogen) atoms. The number of carbonyl (C=O) groups excluding carboxylic acids is 1. The number of carboxylic acids is 1. The summed E-state index contributed by atoms with van der Waals surface area (Å²) in [6.45, 7) is 2.88. The summed E-state index contributed by atoms with van der Waals surface area (Å²) in [5.74, 6) is -2.36. The number of anilines is 1. The van der Waals surface area contributed by atoms with E-state index in [9.17, 15) is 19.5 Å². The molecule has 194 valence electrons. The summed E-state index contributed by atoms with van der Waals surface area (Å²) >= 11 is 12.1. The molecule has 11 heteroatoms. The summed E-state index contributed by atoms with van der Waals surface area (Å²) < 4.78 is 23.2. The molecule has 8 nitrogen and oxygen atoms in total. The third-order valence-corrected chi connectivity index (χ3v) is 7.59. The lowest BCUT2D eigenvalue weighted by Gasteiger charge is -2.35. The van der Waals surface area contributed by atoms with E-state index in [0.717, 1.165) is 6.07 Å². The molecule has 0 radical (unpaired) electrons. The second-order valence-corrected chi connectivity index (χ2v) is 10.2. The van der Waals surface area contributed by atoms with Crippen LogP contribution >= 0.6 is 23.2 Å². The van der Waals surface area contributed by atoms with Crippen molar-refractivity contribution < 1.29 is 23.8 Å². The van der Waals surface area contributed by atoms with Crippen LogP contribution in [0, 0.1) is 11.7 Å². The SMILES string of the molecule is CC1COc2c(N3CCC(C(=O)O)CC3)c(F)cc3c(=O)c(C(=O)NCc4ccc(Cl)cc4Cl)cn1c23. The van der Waals surface area contributed by atoms with Crippen LogP contribution in [0.2, 0.25) is 10.0 Å². The molecule has 0 saturated carbocycles. The highest BCUT2D eigenvalue weighted by atomic mass is 35.5. The Morgan fingerprint density at radius 2 is 1.95 bits per heavy atom. The summed E-state index contributed by atoms with van der Waals surface area (Å²) in [5, 5.41) is 12.9. The van der Waals surface area contributed by atoms with E-state index in [-0.39, 0.29) is 41.6 Å². The molecular weight excluding hydrogens is 524 g/mol. The lowest BCUT2D eigenvalue weighted by Crippen LogP contribution is -2.38. The van der Waals surface area contributed by atoms with E-state index < -0.39 is 29.0 Å². The fourth-order valence-electron chi connectivity index (χ4n) is 4.95. The van der Waals surface area contributed by atoms with Crippen molar-refractivity contribution in [3.63, 3.8) is 0 Å². The summed E-state index contributed by atoms with van der Waals surface area (Å²) in [6, 6.07) is 5.82. The minimum Gasteiger partial charge on any atom is -0.487 e. The van der Waals surface area contributed by atoms with Crippen LogP contribution in [-0.4, -0.2) is 41.2 Å². The Balaban J connectivity index is 1.52. The van der Waals surface area contributed by atoms with Gasteiger partial charge in [-0.25, -0.2) is 4.39 Å². The lowest BCUT2D eigenvalue weighted by atomic mass is 9.96. The van der Waals surface area contributed by atoms with E-state index in [2.05, 4.69) is 5.32 Å². The van der Waals surface area contributed by atoms with Crippen LogP contribution in [0.1, 0.15) is 41.7 Å². The normalized spacial score (nSPS) is 17.5. The Bertz CT molecular complexity index is 1480. The summed E-state index contributed by atoms with van der Waals surface area (Å²) in [5.41, 5.74) is 0.531. The van der Waals surface area contributed by atoms with Crippen molar-refractivity contribution in [2.45, 2.75) is 32.4 Å². The highest BCUT2D eigenvalue weighted by Crippen LogP contribution is 2.42. The monoisotopic (exact) mass is 547 g/mol. The van der Waals surface area contributed by atoms with Crippen molar-refractivity contribution in [2.75, 3.05) is 24.6 Å². The zero-order chi connectivity index (χ0) is 26.4. The van der Waals surface area contributed by atoms with Gasteiger partial charge in [0.15, 0.2) is 11.6 Å². The van der Waals surface area contributed by atoms with E-state index in [1.54, 1.807) is 27.7 Å². The van der Waals surface area contributed by atoms with Gasteiger partial charge in [0.25, 0.3) is 5.91 Å². The number of carboxylic acid groups (broad SMARTS) is 1. The fraction of sp³-hybridized carbons (Fsp3) is 0.346. The third kappa shape index (κ3) is 4.62. The van der Waals surface area contributed by atoms with Crippen molar-refractivity contribution in [2.24, 2.45) is 5.92 Å². The molecule has 5 rings (SSSR count). The molecule has 3 aromatic rings. The quantitative estimate of drug-likeness (QED) is 0.482. The molecule has 3 heterocycles. The second kappa shape index (κ2) is 9.87. The molecular formula is C26H24Cl2FN3O5. The number of halogens is 3. The van der Waals surface area contributed by atoms with Crippen LogP contribution < -0.4 is 20.4 Å². The first kappa shape index (κ1) is 25.4. The zero-order valence-electron chi connectivity index (χ0n) is 19.9. The summed E-state index contributed by atoms with van der Waals surface area (Å²) in [4.78, 5) is 39.5. The number of hydrogen-bond donors (Lipinski definition) is 2. The number of piperidine rings is 1. The molecule has 2 N–H and O–H groups in total. The van der Waals surface area contributed by atoms with Crippen LogP contribution in [0.25, 0.3) is 10.9 Å². The predicted octanol–water partition coefficient (Wildman–Crippen LogP) is 4.63. The number of pyridine rings is 1. The smallest absolute Gasteiger partial charge is 0.306 e. The van der Waals surface area contributed by atoms with Crippen LogP contribution in [0.3, 0.4) is 0 Å². The first-order chi connectivity index (χ1) is 17.7. The average Bonchev–Trinajstić information content (AvgIpc) is 2.86. The fourth-order valence-corrected chi connectivity index (χ4v) is 5.43. The lowest BCUT2D eigenvalue weighted by molar-refractivity contribution is -0.142. The van der Waals surface area contributed by atoms with Gasteiger partial charge >= 0.3 is 5.97 Å². The van der Waals surface area contributed by atoms with E-state index in [1.165, 1.54) is 6.20 Å². The summed E-state index contributed by atoms with van der Waals surface area (Å²) in [6.07, 6.45) is 2.25. The number of aromatic nitrogens is 1. The van der Waals surface area contributed by atoms with Gasteiger partial charge < -0.3 is 24.6 Å². The zero-order valence-corrected chi connectivity index (χ0v) is 21.4. The largest absolute Gasteiger partial charge is 0.487 e. The maximum atomic E-state index is 15.5. The number of hydrogen-bond acceptors (Lipinski definition) is 5. The molecule has 2 aliphatic heterocycles. The number of benzene rings is 2. The van der Waals surface area contributed by atoms with Gasteiger partial charge in [-0.1, -0.05) is 29.3 Å². The van der Waals surface area contributed by atoms with Crippen molar-refractivity contribution in [3.8, 4) is 5.75 Å². The number of rotatable bonds is 5. The van der Waals surface area contributed by atoms with Crippen molar-refractivity contribution in [1.82, 2.24) is 9.88 Å². The van der Waals surface area contributed by atoms with Crippen molar-refractivity contribution >= 4 is 51.7 Å². The highest BCUT2D eigenvalue weighted by Gasteiger charge is 2.32. The molecule has 2 aliphatic rings. The van der Waals surface area contributed by atoms with E-state index in [1.807, 2.05) is 6.92 Å². The van der Waals surface area contributed by atoms with Gasteiger partial charge in [0.05, 0.1) is 22.9 Å². The molecule has 0 spiro atoms. The Morgan fingerprint density at radius 1 is 1.22 bits per heavy atom. The molecule has 1 unspecified atom stereocenters. The number of amides is 1. The summed E-state index contributed by atoms with van der Waals surface area (Å²) in [7, 11) is 0.